The van der Waals surface area contributed by atoms with Gasteiger partial charge in [0.2, 0.25) is 0 Å². The minimum atomic E-state index is -0.575. The summed E-state index contributed by atoms with van der Waals surface area (Å²) < 4.78 is 1.15. The van der Waals surface area contributed by atoms with Crippen molar-refractivity contribution in [2.24, 2.45) is 0 Å². The molecule has 196 valence electrons. The number of thiophene rings is 2. The third-order valence-corrected chi connectivity index (χ3v) is 11.1. The van der Waals surface area contributed by atoms with E-state index in [2.05, 4.69) is 150 Å². The van der Waals surface area contributed by atoms with Gasteiger partial charge in [-0.25, -0.2) is 0 Å². The first-order valence-corrected chi connectivity index (χ1v) is 15.9. The zero-order valence-electron chi connectivity index (χ0n) is 22.1. The van der Waals surface area contributed by atoms with Gasteiger partial charge in [0, 0.05) is 15.8 Å². The van der Waals surface area contributed by atoms with Crippen LogP contribution < -0.4 is 0 Å². The van der Waals surface area contributed by atoms with E-state index in [1.165, 1.54) is 49.2 Å². The van der Waals surface area contributed by atoms with Crippen molar-refractivity contribution in [3.8, 4) is 10.4 Å². The van der Waals surface area contributed by atoms with E-state index in [0.29, 0.717) is 0 Å². The molecule has 0 atom stereocenters. The fourth-order valence-electron chi connectivity index (χ4n) is 7.40. The van der Waals surface area contributed by atoms with Gasteiger partial charge in [-0.2, -0.15) is 0 Å². The number of fused-ring (bicyclic) bond motifs is 2. The molecule has 0 radical (unpaired) electrons. The molecule has 0 spiro atoms. The van der Waals surface area contributed by atoms with Crippen LogP contribution in [0.4, 0.5) is 0 Å². The van der Waals surface area contributed by atoms with Crippen LogP contribution in [-0.2, 0) is 10.8 Å². The molecule has 1 aliphatic carbocycles. The Bertz CT molecular complexity index is 1900. The predicted octanol–water partition coefficient (Wildman–Crippen LogP) is 11.0. The topological polar surface area (TPSA) is 0 Å². The highest BCUT2D eigenvalue weighted by Crippen LogP contribution is 2.73. The van der Waals surface area contributed by atoms with Crippen molar-refractivity contribution in [2.75, 3.05) is 0 Å². The third kappa shape index (κ3) is 3.21. The first-order chi connectivity index (χ1) is 20.3. The molecule has 0 saturated carbocycles. The van der Waals surface area contributed by atoms with Crippen molar-refractivity contribution in [3.63, 3.8) is 0 Å². The highest BCUT2D eigenvalue weighted by Gasteiger charge is 2.68. The molecule has 0 N–H and O–H groups in total. The Balaban J connectivity index is 1.70. The molecule has 0 nitrogen and oxygen atoms in total. The summed E-state index contributed by atoms with van der Waals surface area (Å²) in [7, 11) is 0. The zero-order chi connectivity index (χ0) is 27.4. The van der Waals surface area contributed by atoms with E-state index in [0.717, 1.165) is 9.72 Å². The Hall–Kier alpha value is -3.95. The van der Waals surface area contributed by atoms with Gasteiger partial charge in [-0.1, -0.05) is 139 Å². The summed E-state index contributed by atoms with van der Waals surface area (Å²) in [6.07, 6.45) is 0. The molecule has 0 saturated heterocycles. The second kappa shape index (κ2) is 9.56. The van der Waals surface area contributed by atoms with Crippen LogP contribution in [0.5, 0.6) is 0 Å². The van der Waals surface area contributed by atoms with Crippen LogP contribution in [-0.4, -0.2) is 0 Å². The van der Waals surface area contributed by atoms with E-state index in [9.17, 15) is 0 Å². The number of hydrogen-bond donors (Lipinski definition) is 0. The van der Waals surface area contributed by atoms with Crippen LogP contribution in [0.25, 0.3) is 20.5 Å². The van der Waals surface area contributed by atoms with Gasteiger partial charge in [-0.05, 0) is 56.3 Å². The lowest BCUT2D eigenvalue weighted by Gasteiger charge is -2.63. The highest BCUT2D eigenvalue weighted by atomic mass is 35.5. The van der Waals surface area contributed by atoms with Crippen LogP contribution in [0.3, 0.4) is 0 Å². The van der Waals surface area contributed by atoms with Crippen molar-refractivity contribution in [1.82, 2.24) is 0 Å². The smallest absolute Gasteiger partial charge is 0.0648 e. The normalized spacial score (nSPS) is 14.9. The molecule has 41 heavy (non-hydrogen) atoms. The maximum atomic E-state index is 7.66. The van der Waals surface area contributed by atoms with Crippen molar-refractivity contribution in [1.29, 1.82) is 0 Å². The van der Waals surface area contributed by atoms with Crippen LogP contribution in [0.2, 0.25) is 5.02 Å². The molecule has 0 fully saturated rings. The third-order valence-electron chi connectivity index (χ3n) is 8.76. The van der Waals surface area contributed by atoms with Gasteiger partial charge in [0.15, 0.2) is 0 Å². The average Bonchev–Trinajstić information content (AvgIpc) is 3.75. The fourth-order valence-corrected chi connectivity index (χ4v) is 9.51. The molecular formula is C38H25ClS2. The molecular weight excluding hydrogens is 556 g/mol. The number of benzene rings is 5. The van der Waals surface area contributed by atoms with Crippen LogP contribution in [0, 0.1) is 0 Å². The summed E-state index contributed by atoms with van der Waals surface area (Å²) in [5.41, 5.74) is 7.68. The predicted molar refractivity (Wildman–Crippen MR) is 176 cm³/mol. The van der Waals surface area contributed by atoms with Crippen molar-refractivity contribution < 1.29 is 0 Å². The maximum absolute atomic E-state index is 7.66. The van der Waals surface area contributed by atoms with E-state index in [1.54, 1.807) is 22.7 Å². The summed E-state index contributed by atoms with van der Waals surface area (Å²) in [6, 6.07) is 50.8. The van der Waals surface area contributed by atoms with Crippen LogP contribution >= 0.6 is 34.3 Å². The average molecular weight is 581 g/mol. The largest absolute Gasteiger partial charge is 0.144 e. The SMILES string of the molecule is Clc1c2c(c(-c3cccs3)c3ccsc13)C(c1ccccc1)(c1ccccc1)C2(c1ccccc1)c1ccccc1. The second-order valence-electron chi connectivity index (χ2n) is 10.5. The van der Waals surface area contributed by atoms with Gasteiger partial charge in [-0.3, -0.25) is 0 Å². The van der Waals surface area contributed by atoms with E-state index >= 15 is 0 Å². The van der Waals surface area contributed by atoms with Gasteiger partial charge < -0.3 is 0 Å². The first kappa shape index (κ1) is 24.8. The maximum Gasteiger partial charge on any atom is 0.0648 e. The summed E-state index contributed by atoms with van der Waals surface area (Å²) in [4.78, 5) is 1.27. The molecule has 8 rings (SSSR count). The molecule has 0 unspecified atom stereocenters. The molecule has 3 heteroatoms. The standard InChI is InChI=1S/C38H25ClS2/c39-35-34-33(32(31-22-13-24-40-31)30-23-25-41-36(30)35)37(26-14-5-1-6-15-26,27-16-7-2-8-17-27)38(34,28-18-9-3-10-19-28)29-20-11-4-12-21-29/h1-25H. The Kier molecular flexibility index (Phi) is 5.79. The molecule has 0 aliphatic heterocycles. The monoisotopic (exact) mass is 580 g/mol. The lowest BCUT2D eigenvalue weighted by molar-refractivity contribution is 0.354. The Morgan fingerprint density at radius 2 is 0.902 bits per heavy atom. The number of halogens is 1. The number of hydrogen-bond acceptors (Lipinski definition) is 2. The highest BCUT2D eigenvalue weighted by molar-refractivity contribution is 7.18. The van der Waals surface area contributed by atoms with E-state index in [-0.39, 0.29) is 0 Å². The lowest BCUT2D eigenvalue weighted by Crippen LogP contribution is -2.61. The summed E-state index contributed by atoms with van der Waals surface area (Å²) in [6.45, 7) is 0. The van der Waals surface area contributed by atoms with Gasteiger partial charge in [-0.15, -0.1) is 22.7 Å². The zero-order valence-corrected chi connectivity index (χ0v) is 24.5. The van der Waals surface area contributed by atoms with E-state index in [4.69, 9.17) is 11.6 Å². The quantitative estimate of drug-likeness (QED) is 0.190. The minimum Gasteiger partial charge on any atom is -0.144 e. The molecule has 2 heterocycles. The minimum absolute atomic E-state index is 0.549. The summed E-state index contributed by atoms with van der Waals surface area (Å²) in [5.74, 6) is 0. The van der Waals surface area contributed by atoms with Crippen molar-refractivity contribution in [2.45, 2.75) is 10.8 Å². The van der Waals surface area contributed by atoms with Crippen molar-refractivity contribution >= 4 is 44.4 Å². The first-order valence-electron chi connectivity index (χ1n) is 13.8. The Labute approximate surface area is 253 Å². The van der Waals surface area contributed by atoms with E-state index < -0.39 is 10.8 Å². The lowest BCUT2D eigenvalue weighted by atomic mass is 9.37. The second-order valence-corrected chi connectivity index (χ2v) is 12.8. The fraction of sp³-hybridized carbons (Fsp3) is 0.0526. The van der Waals surface area contributed by atoms with E-state index in [1.807, 2.05) is 0 Å². The Morgan fingerprint density at radius 3 is 1.34 bits per heavy atom. The summed E-state index contributed by atoms with van der Waals surface area (Å²) in [5, 5.41) is 6.46. The van der Waals surface area contributed by atoms with Crippen molar-refractivity contribution in [3.05, 3.63) is 189 Å². The van der Waals surface area contributed by atoms with Gasteiger partial charge in [0.1, 0.15) is 0 Å². The molecule has 0 bridgehead atoms. The van der Waals surface area contributed by atoms with Gasteiger partial charge in [0.25, 0.3) is 0 Å². The molecule has 0 amide bonds. The van der Waals surface area contributed by atoms with Crippen LogP contribution in [0.15, 0.2) is 150 Å². The van der Waals surface area contributed by atoms with Gasteiger partial charge in [0.05, 0.1) is 20.6 Å². The number of rotatable bonds is 5. The molecule has 7 aromatic rings. The molecule has 1 aliphatic rings. The van der Waals surface area contributed by atoms with Gasteiger partial charge >= 0.3 is 0 Å². The Morgan fingerprint density at radius 1 is 0.439 bits per heavy atom. The van der Waals surface area contributed by atoms with Crippen LogP contribution in [0.1, 0.15) is 33.4 Å². The molecule has 2 aromatic heterocycles. The summed E-state index contributed by atoms with van der Waals surface area (Å²) >= 11 is 11.2. The molecule has 5 aromatic carbocycles.